The molecule has 2 amide bonds. The lowest BCUT2D eigenvalue weighted by Crippen LogP contribution is -2.38. The van der Waals surface area contributed by atoms with Gasteiger partial charge in [0, 0.05) is 47.8 Å². The van der Waals surface area contributed by atoms with Crippen LogP contribution in [-0.2, 0) is 22.7 Å². The molecule has 0 spiro atoms. The van der Waals surface area contributed by atoms with Crippen molar-refractivity contribution < 1.29 is 42.3 Å². The number of hydrogen-bond acceptors (Lipinski definition) is 13. The standard InChI is InChI=1S/C21H21N3O5.C20H19N3O5/c1-12-21(13(2)29-23-12)15-7-18-16(8-17(15)26-3)24(20(25)11-28-18)10-14-5-6-19(27-4)22-9-14;1-11-20(12(2)28-22-11)14-6-17-15(7-16(14)26-3)23(19(25)10-27-17)9-13-4-5-18(24)21-8-13/h5-9H,10-11H2,1-4H3;4-8H,9-10H2,1-3H3,(H,21,24). The Morgan fingerprint density at radius 3 is 1.58 bits per heavy atom. The smallest absolute Gasteiger partial charge is 0.265 e. The van der Waals surface area contributed by atoms with Crippen LogP contribution in [0, 0.1) is 27.7 Å². The number of hydrogen-bond donors (Lipinski definition) is 1. The van der Waals surface area contributed by atoms with Gasteiger partial charge < -0.3 is 47.5 Å². The third-order valence-corrected chi connectivity index (χ3v) is 9.59. The summed E-state index contributed by atoms with van der Waals surface area (Å²) in [4.78, 5) is 46.5. The first-order chi connectivity index (χ1) is 27.5. The topological polar surface area (TPSA) is 185 Å². The largest absolute Gasteiger partial charge is 0.496 e. The molecule has 2 aliphatic heterocycles. The molecule has 294 valence electrons. The molecular formula is C41H40N6O10. The zero-order valence-corrected chi connectivity index (χ0v) is 32.4. The molecule has 0 unspecified atom stereocenters. The maximum absolute atomic E-state index is 12.6. The molecule has 16 heteroatoms. The average molecular weight is 777 g/mol. The Kier molecular flexibility index (Phi) is 10.7. The van der Waals surface area contributed by atoms with Gasteiger partial charge >= 0.3 is 0 Å². The van der Waals surface area contributed by atoms with Crippen LogP contribution in [0.1, 0.15) is 34.0 Å². The minimum Gasteiger partial charge on any atom is -0.496 e. The number of pyridine rings is 2. The molecule has 2 aliphatic rings. The molecule has 8 rings (SSSR count). The predicted octanol–water partition coefficient (Wildman–Crippen LogP) is 5.88. The van der Waals surface area contributed by atoms with Crippen molar-refractivity contribution in [1.82, 2.24) is 20.3 Å². The van der Waals surface area contributed by atoms with Gasteiger partial charge in [0.2, 0.25) is 11.4 Å². The number of methoxy groups -OCH3 is 3. The SMILES string of the molecule is COc1cc2c(cc1-c1c(C)noc1C)OCC(=O)N2Cc1ccc(=O)[nH]c1.COc1ccc(CN2C(=O)COc3cc(-c4c(C)noc4C)c(OC)cc32)cn1. The highest BCUT2D eigenvalue weighted by Gasteiger charge is 2.31. The van der Waals surface area contributed by atoms with E-state index in [0.29, 0.717) is 64.9 Å². The van der Waals surface area contributed by atoms with Gasteiger partial charge in [-0.1, -0.05) is 22.4 Å². The second-order valence-corrected chi connectivity index (χ2v) is 13.2. The number of aromatic nitrogens is 4. The van der Waals surface area contributed by atoms with Crippen LogP contribution in [0.5, 0.6) is 28.9 Å². The van der Waals surface area contributed by atoms with Gasteiger partial charge in [-0.3, -0.25) is 14.4 Å². The lowest BCUT2D eigenvalue weighted by Gasteiger charge is -2.30. The first-order valence-electron chi connectivity index (χ1n) is 17.8. The van der Waals surface area contributed by atoms with Gasteiger partial charge in [-0.15, -0.1) is 0 Å². The van der Waals surface area contributed by atoms with E-state index in [1.807, 2.05) is 52.0 Å². The molecule has 0 fully saturated rings. The Labute approximate surface area is 326 Å². The molecule has 6 aromatic rings. The van der Waals surface area contributed by atoms with Crippen LogP contribution >= 0.6 is 0 Å². The number of fused-ring (bicyclic) bond motifs is 2. The molecular weight excluding hydrogens is 736 g/mol. The minimum absolute atomic E-state index is 0.0377. The number of rotatable bonds is 9. The molecule has 2 aromatic carbocycles. The number of ether oxygens (including phenoxy) is 5. The van der Waals surface area contributed by atoms with Gasteiger partial charge in [-0.25, -0.2) is 4.98 Å². The second kappa shape index (κ2) is 15.9. The average Bonchev–Trinajstić information content (AvgIpc) is 3.74. The number of H-pyrrole nitrogens is 1. The Balaban J connectivity index is 0.000000174. The molecule has 0 aliphatic carbocycles. The van der Waals surface area contributed by atoms with E-state index in [2.05, 4.69) is 20.3 Å². The number of amides is 2. The van der Waals surface area contributed by atoms with Crippen molar-refractivity contribution >= 4 is 23.2 Å². The zero-order chi connectivity index (χ0) is 40.4. The number of benzene rings is 2. The van der Waals surface area contributed by atoms with Crippen LogP contribution in [0.15, 0.2) is 74.8 Å². The molecule has 6 heterocycles. The molecule has 0 saturated heterocycles. The summed E-state index contributed by atoms with van der Waals surface area (Å²) in [5, 5.41) is 8.03. The van der Waals surface area contributed by atoms with Gasteiger partial charge in [0.05, 0.1) is 68.3 Å². The van der Waals surface area contributed by atoms with Crippen LogP contribution in [-0.4, -0.2) is 66.6 Å². The van der Waals surface area contributed by atoms with Crippen LogP contribution in [0.2, 0.25) is 0 Å². The third kappa shape index (κ3) is 7.61. The van der Waals surface area contributed by atoms with Crippen molar-refractivity contribution in [2.75, 3.05) is 44.3 Å². The van der Waals surface area contributed by atoms with E-state index in [4.69, 9.17) is 32.7 Å². The van der Waals surface area contributed by atoms with Crippen molar-refractivity contribution in [3.8, 4) is 51.1 Å². The van der Waals surface area contributed by atoms with Gasteiger partial charge in [0.15, 0.2) is 13.2 Å². The van der Waals surface area contributed by atoms with Gasteiger partial charge in [-0.2, -0.15) is 0 Å². The number of carbonyl (C=O) groups excluding carboxylic acids is 2. The zero-order valence-electron chi connectivity index (χ0n) is 32.4. The first kappa shape index (κ1) is 38.2. The molecule has 16 nitrogen and oxygen atoms in total. The number of aromatic amines is 1. The number of nitrogens with one attached hydrogen (secondary N) is 1. The van der Waals surface area contributed by atoms with E-state index in [1.54, 1.807) is 61.7 Å². The van der Waals surface area contributed by atoms with Gasteiger partial charge in [0.25, 0.3) is 11.8 Å². The summed E-state index contributed by atoms with van der Waals surface area (Å²) < 4.78 is 38.3. The maximum Gasteiger partial charge on any atom is 0.265 e. The summed E-state index contributed by atoms with van der Waals surface area (Å²) in [5.41, 5.74) is 7.53. The fourth-order valence-corrected chi connectivity index (χ4v) is 6.80. The summed E-state index contributed by atoms with van der Waals surface area (Å²) in [5.74, 6) is 3.93. The Morgan fingerprint density at radius 2 is 1.18 bits per heavy atom. The van der Waals surface area contributed by atoms with Crippen molar-refractivity contribution in [1.29, 1.82) is 0 Å². The fourth-order valence-electron chi connectivity index (χ4n) is 6.80. The molecule has 0 radical (unpaired) electrons. The van der Waals surface area contributed by atoms with E-state index >= 15 is 0 Å². The lowest BCUT2D eigenvalue weighted by atomic mass is 10.0. The van der Waals surface area contributed by atoms with E-state index in [9.17, 15) is 14.4 Å². The van der Waals surface area contributed by atoms with Crippen molar-refractivity contribution in [2.24, 2.45) is 0 Å². The van der Waals surface area contributed by atoms with E-state index in [-0.39, 0.29) is 30.6 Å². The quantitative estimate of drug-likeness (QED) is 0.184. The van der Waals surface area contributed by atoms with Crippen LogP contribution in [0.3, 0.4) is 0 Å². The summed E-state index contributed by atoms with van der Waals surface area (Å²) >= 11 is 0. The highest BCUT2D eigenvalue weighted by Crippen LogP contribution is 2.46. The Hall–Kier alpha value is -7.10. The maximum atomic E-state index is 12.6. The summed E-state index contributed by atoms with van der Waals surface area (Å²) in [6, 6.07) is 14.1. The summed E-state index contributed by atoms with van der Waals surface area (Å²) in [6.07, 6.45) is 3.29. The minimum atomic E-state index is -0.191. The Bertz CT molecular complexity index is 2460. The van der Waals surface area contributed by atoms with Crippen LogP contribution in [0.25, 0.3) is 22.3 Å². The normalized spacial score (nSPS) is 13.2. The first-order valence-corrected chi connectivity index (χ1v) is 17.8. The van der Waals surface area contributed by atoms with E-state index in [1.165, 1.54) is 6.07 Å². The predicted molar refractivity (Wildman–Crippen MR) is 207 cm³/mol. The van der Waals surface area contributed by atoms with E-state index in [0.717, 1.165) is 44.8 Å². The Morgan fingerprint density at radius 1 is 0.667 bits per heavy atom. The molecule has 4 aromatic heterocycles. The van der Waals surface area contributed by atoms with Crippen LogP contribution < -0.4 is 39.0 Å². The molecule has 0 saturated carbocycles. The highest BCUT2D eigenvalue weighted by molar-refractivity contribution is 6.00. The molecule has 1 N–H and O–H groups in total. The fraction of sp³-hybridized carbons (Fsp3) is 0.268. The summed E-state index contributed by atoms with van der Waals surface area (Å²) in [6.45, 7) is 7.98. The van der Waals surface area contributed by atoms with Crippen molar-refractivity contribution in [3.63, 3.8) is 0 Å². The van der Waals surface area contributed by atoms with Crippen LogP contribution in [0.4, 0.5) is 11.4 Å². The molecule has 0 atom stereocenters. The highest BCUT2D eigenvalue weighted by atomic mass is 16.5. The molecule has 57 heavy (non-hydrogen) atoms. The van der Waals surface area contributed by atoms with Gasteiger partial charge in [0.1, 0.15) is 34.5 Å². The van der Waals surface area contributed by atoms with E-state index < -0.39 is 0 Å². The third-order valence-electron chi connectivity index (χ3n) is 9.59. The van der Waals surface area contributed by atoms with Crippen molar-refractivity contribution in [2.45, 2.75) is 40.8 Å². The van der Waals surface area contributed by atoms with Crippen molar-refractivity contribution in [3.05, 3.63) is 105 Å². The number of carbonyl (C=O) groups is 2. The lowest BCUT2D eigenvalue weighted by molar-refractivity contribution is -0.122. The molecule has 0 bridgehead atoms. The number of aryl methyl sites for hydroxylation is 4. The summed E-state index contributed by atoms with van der Waals surface area (Å²) in [7, 11) is 4.72. The second-order valence-electron chi connectivity index (χ2n) is 13.2. The number of nitrogens with zero attached hydrogens (tertiary/aromatic N) is 5. The number of anilines is 2. The monoisotopic (exact) mass is 776 g/mol. The van der Waals surface area contributed by atoms with Gasteiger partial charge in [-0.05, 0) is 51.0 Å².